The minimum atomic E-state index is -1.04. The fourth-order valence-corrected chi connectivity index (χ4v) is 4.16. The molecule has 3 amide bonds. The first kappa shape index (κ1) is 21.9. The second-order valence-corrected chi connectivity index (χ2v) is 8.33. The molecule has 2 heterocycles. The van der Waals surface area contributed by atoms with Gasteiger partial charge in [-0.2, -0.15) is 0 Å². The molecule has 0 bridgehead atoms. The van der Waals surface area contributed by atoms with E-state index in [1.807, 2.05) is 0 Å². The van der Waals surface area contributed by atoms with Crippen molar-refractivity contribution in [2.45, 2.75) is 19.0 Å². The van der Waals surface area contributed by atoms with Crippen LogP contribution in [0.2, 0.25) is 5.02 Å². The zero-order valence-corrected chi connectivity index (χ0v) is 18.5. The molecule has 3 aromatic rings. The maximum absolute atomic E-state index is 13.5. The molecule has 0 N–H and O–H groups in total. The first-order valence-electron chi connectivity index (χ1n) is 10.5. The van der Waals surface area contributed by atoms with Crippen LogP contribution in [0.5, 0.6) is 11.5 Å². The molecule has 9 heteroatoms. The van der Waals surface area contributed by atoms with Gasteiger partial charge in [-0.15, -0.1) is 0 Å². The SMILES string of the molecule is O=C1C[C@H](N(Cc2ccc3c(c2)OCO3)C(=O)c2ccc(Cl)cc2)C(=O)N1c1ccc(F)cc1. The van der Waals surface area contributed by atoms with Crippen LogP contribution in [0.15, 0.2) is 66.7 Å². The van der Waals surface area contributed by atoms with Crippen molar-refractivity contribution in [1.82, 2.24) is 4.90 Å². The standard InChI is InChI=1S/C25H18ClFN2O5/c26-17-4-2-16(3-5-17)24(31)28(13-15-1-10-21-22(11-15)34-14-33-21)20-12-23(30)29(25(20)32)19-8-6-18(27)7-9-19/h1-11,20H,12-14H2/t20-/m0/s1. The number of fused-ring (bicyclic) bond motifs is 1. The van der Waals surface area contributed by atoms with Gasteiger partial charge < -0.3 is 14.4 Å². The van der Waals surface area contributed by atoms with E-state index in [0.29, 0.717) is 27.6 Å². The maximum Gasteiger partial charge on any atom is 0.257 e. The van der Waals surface area contributed by atoms with E-state index in [9.17, 15) is 18.8 Å². The Balaban J connectivity index is 1.49. The van der Waals surface area contributed by atoms with E-state index in [-0.39, 0.29) is 25.4 Å². The normalized spacial score (nSPS) is 16.8. The number of benzene rings is 3. The van der Waals surface area contributed by atoms with Gasteiger partial charge in [0.1, 0.15) is 11.9 Å². The molecule has 3 aromatic carbocycles. The van der Waals surface area contributed by atoms with Gasteiger partial charge in [-0.25, -0.2) is 9.29 Å². The van der Waals surface area contributed by atoms with Gasteiger partial charge in [-0.3, -0.25) is 14.4 Å². The van der Waals surface area contributed by atoms with Gasteiger partial charge in [-0.1, -0.05) is 17.7 Å². The summed E-state index contributed by atoms with van der Waals surface area (Å²) in [5.41, 5.74) is 1.28. The molecular weight excluding hydrogens is 463 g/mol. The van der Waals surface area contributed by atoms with Gasteiger partial charge in [0.25, 0.3) is 11.8 Å². The maximum atomic E-state index is 13.5. The van der Waals surface area contributed by atoms with Gasteiger partial charge >= 0.3 is 0 Å². The number of halogens is 2. The van der Waals surface area contributed by atoms with Crippen molar-refractivity contribution < 1.29 is 28.2 Å². The molecule has 1 atom stereocenters. The molecule has 1 fully saturated rings. The Morgan fingerprint density at radius 1 is 1.00 bits per heavy atom. The lowest BCUT2D eigenvalue weighted by Gasteiger charge is -2.28. The number of nitrogens with zero attached hydrogens (tertiary/aromatic N) is 2. The van der Waals surface area contributed by atoms with Crippen LogP contribution in [0.4, 0.5) is 10.1 Å². The van der Waals surface area contributed by atoms with E-state index < -0.39 is 29.6 Å². The van der Waals surface area contributed by atoms with E-state index in [4.69, 9.17) is 21.1 Å². The molecule has 1 saturated heterocycles. The predicted molar refractivity (Wildman–Crippen MR) is 121 cm³/mol. The summed E-state index contributed by atoms with van der Waals surface area (Å²) in [6, 6.07) is 15.6. The third-order valence-electron chi connectivity index (χ3n) is 5.73. The molecule has 172 valence electrons. The first-order chi connectivity index (χ1) is 16.4. The molecular formula is C25H18ClFN2O5. The number of imide groups is 1. The van der Waals surface area contributed by atoms with Crippen molar-refractivity contribution >= 4 is 35.0 Å². The lowest BCUT2D eigenvalue weighted by molar-refractivity contribution is -0.122. The van der Waals surface area contributed by atoms with E-state index in [1.165, 1.54) is 29.2 Å². The highest BCUT2D eigenvalue weighted by Gasteiger charge is 2.44. The second-order valence-electron chi connectivity index (χ2n) is 7.89. The topological polar surface area (TPSA) is 76.1 Å². The van der Waals surface area contributed by atoms with Crippen LogP contribution in [-0.4, -0.2) is 35.5 Å². The predicted octanol–water partition coefficient (Wildman–Crippen LogP) is 4.18. The number of carbonyl (C=O) groups excluding carboxylic acids is 3. The van der Waals surface area contributed by atoms with Crippen LogP contribution in [0, 0.1) is 5.82 Å². The highest BCUT2D eigenvalue weighted by atomic mass is 35.5. The number of anilines is 1. The molecule has 2 aliphatic heterocycles. The Kier molecular flexibility index (Phi) is 5.67. The van der Waals surface area contributed by atoms with Crippen molar-refractivity contribution in [3.8, 4) is 11.5 Å². The Bertz CT molecular complexity index is 1280. The van der Waals surface area contributed by atoms with E-state index in [1.54, 1.807) is 42.5 Å². The summed E-state index contributed by atoms with van der Waals surface area (Å²) in [5.74, 6) is -0.809. The lowest BCUT2D eigenvalue weighted by Crippen LogP contribution is -2.45. The Labute approximate surface area is 199 Å². The molecule has 0 unspecified atom stereocenters. The molecule has 0 radical (unpaired) electrons. The Hall–Kier alpha value is -3.91. The molecule has 2 aliphatic rings. The summed E-state index contributed by atoms with van der Waals surface area (Å²) in [4.78, 5) is 42.0. The van der Waals surface area contributed by atoms with E-state index in [0.717, 1.165) is 4.90 Å². The van der Waals surface area contributed by atoms with Gasteiger partial charge in [0, 0.05) is 17.1 Å². The van der Waals surface area contributed by atoms with Crippen molar-refractivity contribution in [1.29, 1.82) is 0 Å². The monoisotopic (exact) mass is 480 g/mol. The van der Waals surface area contributed by atoms with Gasteiger partial charge in [0.15, 0.2) is 11.5 Å². The number of rotatable bonds is 5. The fourth-order valence-electron chi connectivity index (χ4n) is 4.04. The van der Waals surface area contributed by atoms with Crippen molar-refractivity contribution in [3.05, 3.63) is 88.7 Å². The van der Waals surface area contributed by atoms with Crippen LogP contribution >= 0.6 is 11.6 Å². The lowest BCUT2D eigenvalue weighted by atomic mass is 10.1. The molecule has 5 rings (SSSR count). The summed E-state index contributed by atoms with van der Waals surface area (Å²) in [5, 5.41) is 0.466. The minimum absolute atomic E-state index is 0.0546. The van der Waals surface area contributed by atoms with Crippen molar-refractivity contribution in [2.24, 2.45) is 0 Å². The van der Waals surface area contributed by atoms with Crippen LogP contribution < -0.4 is 14.4 Å². The number of amides is 3. The Morgan fingerprint density at radius 3 is 2.44 bits per heavy atom. The third kappa shape index (κ3) is 4.08. The average molecular weight is 481 g/mol. The highest BCUT2D eigenvalue weighted by Crippen LogP contribution is 2.34. The molecule has 34 heavy (non-hydrogen) atoms. The third-order valence-corrected chi connectivity index (χ3v) is 5.98. The van der Waals surface area contributed by atoms with Crippen molar-refractivity contribution in [3.63, 3.8) is 0 Å². The molecule has 7 nitrogen and oxygen atoms in total. The molecule has 0 spiro atoms. The summed E-state index contributed by atoms with van der Waals surface area (Å²) in [7, 11) is 0. The van der Waals surface area contributed by atoms with Crippen LogP contribution in [0.3, 0.4) is 0 Å². The zero-order chi connectivity index (χ0) is 23.8. The minimum Gasteiger partial charge on any atom is -0.454 e. The number of hydrogen-bond acceptors (Lipinski definition) is 5. The first-order valence-corrected chi connectivity index (χ1v) is 10.9. The quantitative estimate of drug-likeness (QED) is 0.512. The van der Waals surface area contributed by atoms with Crippen LogP contribution in [0.1, 0.15) is 22.3 Å². The zero-order valence-electron chi connectivity index (χ0n) is 17.7. The molecule has 0 aliphatic carbocycles. The van der Waals surface area contributed by atoms with Gasteiger partial charge in [0.2, 0.25) is 12.7 Å². The van der Waals surface area contributed by atoms with Crippen LogP contribution in [-0.2, 0) is 16.1 Å². The van der Waals surface area contributed by atoms with Gasteiger partial charge in [0.05, 0.1) is 12.1 Å². The summed E-state index contributed by atoms with van der Waals surface area (Å²) < 4.78 is 24.1. The van der Waals surface area contributed by atoms with Gasteiger partial charge in [-0.05, 0) is 66.2 Å². The largest absolute Gasteiger partial charge is 0.454 e. The average Bonchev–Trinajstić information content (AvgIpc) is 3.41. The Morgan fingerprint density at radius 2 is 1.71 bits per heavy atom. The summed E-state index contributed by atoms with van der Waals surface area (Å²) >= 11 is 5.96. The van der Waals surface area contributed by atoms with E-state index in [2.05, 4.69) is 0 Å². The number of hydrogen-bond donors (Lipinski definition) is 0. The number of ether oxygens (including phenoxy) is 2. The highest BCUT2D eigenvalue weighted by molar-refractivity contribution is 6.30. The molecule has 0 saturated carbocycles. The molecule has 0 aromatic heterocycles. The fraction of sp³-hybridized carbons (Fsp3) is 0.160. The summed E-state index contributed by atoms with van der Waals surface area (Å²) in [6.07, 6.45) is -0.194. The van der Waals surface area contributed by atoms with Crippen LogP contribution in [0.25, 0.3) is 0 Å². The summed E-state index contributed by atoms with van der Waals surface area (Å²) in [6.45, 7) is 0.160. The second kappa shape index (κ2) is 8.79. The number of carbonyl (C=O) groups is 3. The smallest absolute Gasteiger partial charge is 0.257 e. The van der Waals surface area contributed by atoms with E-state index >= 15 is 0 Å². The van der Waals surface area contributed by atoms with Crippen molar-refractivity contribution in [2.75, 3.05) is 11.7 Å².